The van der Waals surface area contributed by atoms with Gasteiger partial charge in [0.2, 0.25) is 0 Å². The summed E-state index contributed by atoms with van der Waals surface area (Å²) in [6, 6.07) is 0. The Bertz CT molecular complexity index is 271. The van der Waals surface area contributed by atoms with Crippen molar-refractivity contribution < 1.29 is 51.1 Å². The minimum absolute atomic E-state index is 0. The molecule has 0 aromatic heterocycles. The molecule has 0 aliphatic heterocycles. The second kappa shape index (κ2) is 15.1. The van der Waals surface area contributed by atoms with Crippen molar-refractivity contribution in [1.82, 2.24) is 0 Å². The van der Waals surface area contributed by atoms with Gasteiger partial charge in [0.1, 0.15) is 11.6 Å². The number of hydrogen-bond donors (Lipinski definition) is 0. The molecular formula is C12H18O6Ti+2. The van der Waals surface area contributed by atoms with E-state index in [0.717, 1.165) is 0 Å². The third kappa shape index (κ3) is 22.6. The molecule has 0 fully saturated rings. The van der Waals surface area contributed by atoms with Crippen LogP contribution in [0.15, 0.2) is 0 Å². The molecule has 0 aliphatic rings. The van der Waals surface area contributed by atoms with Crippen molar-refractivity contribution in [3.63, 3.8) is 0 Å². The minimum Gasteiger partial charge on any atom is -0.550 e. The number of ketones is 2. The first-order valence-corrected chi connectivity index (χ1v) is 5.76. The van der Waals surface area contributed by atoms with Gasteiger partial charge in [0.15, 0.2) is 0 Å². The van der Waals surface area contributed by atoms with Gasteiger partial charge in [-0.3, -0.25) is 9.59 Å². The van der Waals surface area contributed by atoms with Crippen molar-refractivity contribution in [1.29, 1.82) is 0 Å². The summed E-state index contributed by atoms with van der Waals surface area (Å²) in [4.78, 5) is 40.4. The van der Waals surface area contributed by atoms with Crippen LogP contribution in [0.2, 0.25) is 0 Å². The Hall–Kier alpha value is -1.01. The first-order chi connectivity index (χ1) is 8.33. The van der Waals surface area contributed by atoms with E-state index < -0.39 is 24.8 Å². The molecule has 0 atom stereocenters. The van der Waals surface area contributed by atoms with E-state index in [1.165, 1.54) is 0 Å². The van der Waals surface area contributed by atoms with E-state index in [1.807, 2.05) is 13.8 Å². The molecule has 0 heterocycles. The molecule has 0 rings (SSSR count). The zero-order valence-corrected chi connectivity index (χ0v) is 12.8. The zero-order valence-electron chi connectivity index (χ0n) is 11.2. The van der Waals surface area contributed by atoms with Gasteiger partial charge in [-0.2, -0.15) is 0 Å². The van der Waals surface area contributed by atoms with E-state index in [2.05, 4.69) is 0 Å². The fraction of sp³-hybridized carbons (Fsp3) is 0.667. The summed E-state index contributed by atoms with van der Waals surface area (Å²) in [7, 11) is 0. The number of carboxylic acid groups (broad SMARTS) is 2. The molecule has 0 bridgehead atoms. The van der Waals surface area contributed by atoms with Crippen LogP contribution in [0.3, 0.4) is 0 Å². The maximum Gasteiger partial charge on any atom is 4.00 e. The topological polar surface area (TPSA) is 114 Å². The largest absolute Gasteiger partial charge is 4.00 e. The van der Waals surface area contributed by atoms with Gasteiger partial charge in [-0.15, -0.1) is 0 Å². The standard InChI is InChI=1S/2C6H10O3.Ti/c2*1-2-3-5(7)4-6(8)9;/h2*2-4H2,1H3,(H,8,9);/q;;+4/p-2. The normalized spacial score (nSPS) is 8.53. The van der Waals surface area contributed by atoms with Crippen LogP contribution < -0.4 is 10.2 Å². The molecule has 0 saturated heterocycles. The third-order valence-corrected chi connectivity index (χ3v) is 1.74. The quantitative estimate of drug-likeness (QED) is 0.419. The molecule has 0 amide bonds. The van der Waals surface area contributed by atoms with Crippen LogP contribution in [0.5, 0.6) is 0 Å². The van der Waals surface area contributed by atoms with Crippen molar-refractivity contribution in [2.75, 3.05) is 0 Å². The predicted octanol–water partition coefficient (Wildman–Crippen LogP) is -1.01. The Labute approximate surface area is 127 Å². The first-order valence-electron chi connectivity index (χ1n) is 5.76. The monoisotopic (exact) mass is 306 g/mol. The van der Waals surface area contributed by atoms with Crippen LogP contribution in [-0.4, -0.2) is 23.5 Å². The van der Waals surface area contributed by atoms with Crippen LogP contribution >= 0.6 is 0 Å². The van der Waals surface area contributed by atoms with Gasteiger partial charge in [-0.05, 0) is 12.8 Å². The molecule has 0 radical (unpaired) electrons. The summed E-state index contributed by atoms with van der Waals surface area (Å²) < 4.78 is 0. The molecule has 0 unspecified atom stereocenters. The van der Waals surface area contributed by atoms with Crippen LogP contribution in [0.25, 0.3) is 0 Å². The van der Waals surface area contributed by atoms with Crippen molar-refractivity contribution in [2.45, 2.75) is 52.4 Å². The van der Waals surface area contributed by atoms with E-state index in [4.69, 9.17) is 0 Å². The SMILES string of the molecule is CCCC(=O)CC(=O)[O-].CCCC(=O)CC(=O)[O-].[Ti+4]. The average molecular weight is 306 g/mol. The molecule has 104 valence electrons. The van der Waals surface area contributed by atoms with Gasteiger partial charge in [-0.25, -0.2) is 0 Å². The molecule has 0 N–H and O–H groups in total. The Balaban J connectivity index is -0.000000256. The fourth-order valence-electron chi connectivity index (χ4n) is 1.06. The first kappa shape index (κ1) is 23.1. The second-order valence-corrected chi connectivity index (χ2v) is 3.67. The summed E-state index contributed by atoms with van der Waals surface area (Å²) in [6.07, 6.45) is 1.21. The molecule has 0 aromatic rings. The average Bonchev–Trinajstić information content (AvgIpc) is 2.16. The second-order valence-electron chi connectivity index (χ2n) is 3.67. The number of aliphatic carboxylic acids is 2. The summed E-state index contributed by atoms with van der Waals surface area (Å²) in [5.41, 5.74) is 0. The summed E-state index contributed by atoms with van der Waals surface area (Å²) in [5.74, 6) is -3.07. The molecule has 19 heavy (non-hydrogen) atoms. The maximum absolute atomic E-state index is 10.4. The number of hydrogen-bond acceptors (Lipinski definition) is 6. The summed E-state index contributed by atoms with van der Waals surface area (Å²) >= 11 is 0. The summed E-state index contributed by atoms with van der Waals surface area (Å²) in [5, 5.41) is 19.5. The molecule has 6 nitrogen and oxygen atoms in total. The van der Waals surface area contributed by atoms with E-state index in [9.17, 15) is 29.4 Å². The fourth-order valence-corrected chi connectivity index (χ4v) is 1.06. The van der Waals surface area contributed by atoms with Gasteiger partial charge < -0.3 is 19.8 Å². The molecule has 0 aliphatic carbocycles. The predicted molar refractivity (Wildman–Crippen MR) is 59.1 cm³/mol. The third-order valence-electron chi connectivity index (χ3n) is 1.74. The van der Waals surface area contributed by atoms with Crippen LogP contribution in [0.1, 0.15) is 52.4 Å². The number of carbonyl (C=O) groups is 4. The Morgan fingerprint density at radius 2 is 1.00 bits per heavy atom. The van der Waals surface area contributed by atoms with Gasteiger partial charge in [0.25, 0.3) is 0 Å². The summed E-state index contributed by atoms with van der Waals surface area (Å²) in [6.45, 7) is 3.65. The van der Waals surface area contributed by atoms with Crippen LogP contribution in [0.4, 0.5) is 0 Å². The zero-order chi connectivity index (χ0) is 14.6. The van der Waals surface area contributed by atoms with E-state index in [1.54, 1.807) is 0 Å². The molecule has 0 saturated carbocycles. The number of Topliss-reactive ketones (excluding diaryl/α,β-unsaturated/α-hetero) is 2. The Morgan fingerprint density at radius 3 is 1.16 bits per heavy atom. The van der Waals surface area contributed by atoms with Crippen molar-refractivity contribution in [2.24, 2.45) is 0 Å². The molecular weight excluding hydrogens is 288 g/mol. The van der Waals surface area contributed by atoms with Gasteiger partial charge in [0.05, 0.1) is 0 Å². The number of carboxylic acids is 2. The van der Waals surface area contributed by atoms with Gasteiger partial charge in [0, 0.05) is 37.6 Å². The van der Waals surface area contributed by atoms with Crippen molar-refractivity contribution in [3.8, 4) is 0 Å². The Kier molecular flexibility index (Phi) is 18.3. The van der Waals surface area contributed by atoms with Crippen LogP contribution in [0, 0.1) is 0 Å². The van der Waals surface area contributed by atoms with E-state index in [-0.39, 0.29) is 33.3 Å². The molecule has 7 heteroatoms. The van der Waals surface area contributed by atoms with Crippen molar-refractivity contribution in [3.05, 3.63) is 0 Å². The van der Waals surface area contributed by atoms with Crippen molar-refractivity contribution >= 4 is 23.5 Å². The smallest absolute Gasteiger partial charge is 0.550 e. The van der Waals surface area contributed by atoms with Gasteiger partial charge in [-0.1, -0.05) is 13.8 Å². The van der Waals surface area contributed by atoms with Gasteiger partial charge >= 0.3 is 21.7 Å². The number of rotatable bonds is 8. The number of carbonyl (C=O) groups excluding carboxylic acids is 4. The molecule has 0 aromatic carbocycles. The minimum atomic E-state index is -1.28. The Morgan fingerprint density at radius 1 is 0.737 bits per heavy atom. The maximum atomic E-state index is 10.4. The van der Waals surface area contributed by atoms with Crippen LogP contribution in [-0.2, 0) is 40.9 Å². The van der Waals surface area contributed by atoms with E-state index >= 15 is 0 Å². The van der Waals surface area contributed by atoms with E-state index in [0.29, 0.717) is 25.7 Å². The molecule has 0 spiro atoms.